The Hall–Kier alpha value is -4.81. The van der Waals surface area contributed by atoms with Crippen LogP contribution in [-0.4, -0.2) is 86.1 Å². The number of pyridine rings is 3. The Bertz CT molecular complexity index is 2000. The molecule has 0 amide bonds. The van der Waals surface area contributed by atoms with Crippen molar-refractivity contribution in [3.63, 3.8) is 0 Å². The molecule has 1 aliphatic heterocycles. The second-order valence-electron chi connectivity index (χ2n) is 11.9. The van der Waals surface area contributed by atoms with Crippen molar-refractivity contribution in [1.29, 1.82) is 0 Å². The van der Waals surface area contributed by atoms with Crippen molar-refractivity contribution in [2.45, 2.75) is 18.9 Å². The number of anilines is 1. The molecule has 0 bridgehead atoms. The van der Waals surface area contributed by atoms with Gasteiger partial charge in [0, 0.05) is 78.8 Å². The van der Waals surface area contributed by atoms with Gasteiger partial charge < -0.3 is 15.2 Å². The molecule has 0 atom stereocenters. The van der Waals surface area contributed by atoms with Gasteiger partial charge in [0.2, 0.25) is 0 Å². The van der Waals surface area contributed by atoms with Gasteiger partial charge in [-0.05, 0) is 61.6 Å². The highest BCUT2D eigenvalue weighted by molar-refractivity contribution is 6.01. The van der Waals surface area contributed by atoms with Crippen molar-refractivity contribution in [3.8, 4) is 33.8 Å². The normalized spacial score (nSPS) is 15.1. The van der Waals surface area contributed by atoms with Gasteiger partial charge in [-0.15, -0.1) is 0 Å². The Morgan fingerprint density at radius 2 is 1.80 bits per heavy atom. The van der Waals surface area contributed by atoms with Crippen LogP contribution in [0.1, 0.15) is 12.0 Å². The summed E-state index contributed by atoms with van der Waals surface area (Å²) in [5, 5.41) is 12.7. The van der Waals surface area contributed by atoms with Crippen LogP contribution in [0.15, 0.2) is 67.4 Å². The maximum absolute atomic E-state index is 14.7. The van der Waals surface area contributed by atoms with Gasteiger partial charge in [0.05, 0.1) is 41.4 Å². The Labute approximate surface area is 257 Å². The molecule has 7 rings (SSSR count). The molecule has 1 saturated heterocycles. The molecular formula is C33H32F3N9. The maximum Gasteiger partial charge on any atom is 0.261 e. The summed E-state index contributed by atoms with van der Waals surface area (Å²) >= 11 is 0. The first-order valence-electron chi connectivity index (χ1n) is 14.8. The van der Waals surface area contributed by atoms with Crippen LogP contribution in [0.4, 0.5) is 18.9 Å². The summed E-state index contributed by atoms with van der Waals surface area (Å²) in [6, 6.07) is 10.8. The zero-order valence-corrected chi connectivity index (χ0v) is 24.9. The molecule has 3 N–H and O–H groups in total. The molecule has 1 aromatic carbocycles. The molecular weight excluding hydrogens is 579 g/mol. The van der Waals surface area contributed by atoms with E-state index < -0.39 is 5.92 Å². The van der Waals surface area contributed by atoms with Gasteiger partial charge in [-0.1, -0.05) is 0 Å². The first kappa shape index (κ1) is 28.9. The number of fused-ring (bicyclic) bond motifs is 2. The van der Waals surface area contributed by atoms with Gasteiger partial charge in [-0.2, -0.15) is 5.10 Å². The first-order chi connectivity index (χ1) is 21.7. The van der Waals surface area contributed by atoms with E-state index in [-0.39, 0.29) is 18.8 Å². The van der Waals surface area contributed by atoms with Crippen LogP contribution in [0.3, 0.4) is 0 Å². The number of aromatic amines is 2. The van der Waals surface area contributed by atoms with Crippen LogP contribution in [0.2, 0.25) is 0 Å². The Kier molecular flexibility index (Phi) is 7.46. The van der Waals surface area contributed by atoms with E-state index in [1.54, 1.807) is 35.9 Å². The number of nitrogens with zero attached hydrogens (tertiary/aromatic N) is 6. The van der Waals surface area contributed by atoms with Crippen LogP contribution in [0.25, 0.3) is 55.6 Å². The van der Waals surface area contributed by atoms with Crippen LogP contribution in [0, 0.1) is 5.82 Å². The van der Waals surface area contributed by atoms with Gasteiger partial charge in [-0.25, -0.2) is 13.2 Å². The van der Waals surface area contributed by atoms with Crippen molar-refractivity contribution < 1.29 is 13.2 Å². The minimum atomic E-state index is -2.64. The molecule has 1 fully saturated rings. The number of halogens is 3. The second-order valence-corrected chi connectivity index (χ2v) is 11.9. The number of aromatic nitrogens is 6. The third kappa shape index (κ3) is 6.11. The minimum Gasteiger partial charge on any atom is -0.384 e. The minimum absolute atomic E-state index is 0.121. The van der Waals surface area contributed by atoms with Gasteiger partial charge >= 0.3 is 0 Å². The molecule has 230 valence electrons. The van der Waals surface area contributed by atoms with E-state index in [9.17, 15) is 13.2 Å². The summed E-state index contributed by atoms with van der Waals surface area (Å²) in [5.41, 5.74) is 7.57. The number of rotatable bonds is 9. The standard InChI is InChI=1S/C33H32F3N9/c1-44(2)6-4-39-24-9-21(8-23(34)10-24)27-15-38-16-30-25(27)11-29(41-30)32-26-12-28(40-17-31(26)42-43-32)22-7-20(13-37-14-22)18-45-5-3-33(35,36)19-45/h7-17,39,41H,3-6,18-19H2,1-2H3,(H,42,43). The fraction of sp³-hybridized carbons (Fsp3) is 0.273. The van der Waals surface area contributed by atoms with Crippen LogP contribution in [0.5, 0.6) is 0 Å². The number of alkyl halides is 2. The van der Waals surface area contributed by atoms with E-state index in [0.717, 1.165) is 56.3 Å². The average molecular weight is 612 g/mol. The molecule has 6 aromatic rings. The van der Waals surface area contributed by atoms with Crippen LogP contribution < -0.4 is 5.32 Å². The van der Waals surface area contributed by atoms with Crippen molar-refractivity contribution >= 4 is 27.5 Å². The van der Waals surface area contributed by atoms with Crippen molar-refractivity contribution in [1.82, 2.24) is 39.9 Å². The van der Waals surface area contributed by atoms with E-state index in [0.29, 0.717) is 36.7 Å². The fourth-order valence-electron chi connectivity index (χ4n) is 5.87. The largest absolute Gasteiger partial charge is 0.384 e. The molecule has 0 radical (unpaired) electrons. The Morgan fingerprint density at radius 1 is 0.933 bits per heavy atom. The SMILES string of the molecule is CN(C)CCNc1cc(F)cc(-c2cncc3[nH]c(-c4n[nH]c5cnc(-c6cncc(CN7CCC(F)(F)C7)c6)cc45)cc23)c1. The Balaban J connectivity index is 1.20. The van der Waals surface area contributed by atoms with E-state index in [1.165, 1.54) is 12.1 Å². The number of benzene rings is 1. The van der Waals surface area contributed by atoms with Crippen molar-refractivity contribution in [3.05, 3.63) is 78.8 Å². The van der Waals surface area contributed by atoms with Gasteiger partial charge in [0.15, 0.2) is 0 Å². The Morgan fingerprint density at radius 3 is 2.62 bits per heavy atom. The lowest BCUT2D eigenvalue weighted by atomic mass is 10.0. The number of H-pyrrole nitrogens is 2. The van der Waals surface area contributed by atoms with Gasteiger partial charge in [-0.3, -0.25) is 25.0 Å². The summed E-state index contributed by atoms with van der Waals surface area (Å²) in [6.07, 6.45) is 8.52. The number of likely N-dealkylation sites (tertiary alicyclic amines) is 1. The molecule has 6 heterocycles. The number of nitrogens with one attached hydrogen (secondary N) is 3. The molecule has 1 aliphatic rings. The molecule has 0 aliphatic carbocycles. The zero-order valence-electron chi connectivity index (χ0n) is 24.9. The number of hydrogen-bond donors (Lipinski definition) is 3. The van der Waals surface area contributed by atoms with E-state index in [2.05, 4.69) is 40.3 Å². The van der Waals surface area contributed by atoms with E-state index in [1.807, 2.05) is 38.4 Å². The third-order valence-corrected chi connectivity index (χ3v) is 8.09. The zero-order chi connectivity index (χ0) is 31.1. The number of hydrogen-bond acceptors (Lipinski definition) is 7. The second kappa shape index (κ2) is 11.6. The highest BCUT2D eigenvalue weighted by atomic mass is 19.3. The fourth-order valence-corrected chi connectivity index (χ4v) is 5.87. The predicted molar refractivity (Wildman–Crippen MR) is 169 cm³/mol. The summed E-state index contributed by atoms with van der Waals surface area (Å²) in [5.74, 6) is -2.97. The molecule has 12 heteroatoms. The van der Waals surface area contributed by atoms with E-state index in [4.69, 9.17) is 0 Å². The topological polar surface area (TPSA) is 102 Å². The monoisotopic (exact) mass is 611 g/mol. The highest BCUT2D eigenvalue weighted by Crippen LogP contribution is 2.35. The van der Waals surface area contributed by atoms with E-state index >= 15 is 0 Å². The summed E-state index contributed by atoms with van der Waals surface area (Å²) in [4.78, 5) is 20.6. The lowest BCUT2D eigenvalue weighted by molar-refractivity contribution is 0.0115. The molecule has 9 nitrogen and oxygen atoms in total. The number of likely N-dealkylation sites (N-methyl/N-ethyl adjacent to an activating group) is 1. The average Bonchev–Trinajstić information content (AvgIpc) is 3.72. The summed E-state index contributed by atoms with van der Waals surface area (Å²) in [6.45, 7) is 2.03. The predicted octanol–water partition coefficient (Wildman–Crippen LogP) is 6.18. The van der Waals surface area contributed by atoms with Crippen LogP contribution in [-0.2, 0) is 6.54 Å². The molecule has 0 spiro atoms. The lowest BCUT2D eigenvalue weighted by Crippen LogP contribution is -2.24. The summed E-state index contributed by atoms with van der Waals surface area (Å²) in [7, 11) is 3.99. The molecule has 0 saturated carbocycles. The highest BCUT2D eigenvalue weighted by Gasteiger charge is 2.37. The maximum atomic E-state index is 14.7. The van der Waals surface area contributed by atoms with Crippen LogP contribution >= 0.6 is 0 Å². The summed E-state index contributed by atoms with van der Waals surface area (Å²) < 4.78 is 42.1. The van der Waals surface area contributed by atoms with Gasteiger partial charge in [0.25, 0.3) is 5.92 Å². The smallest absolute Gasteiger partial charge is 0.261 e. The van der Waals surface area contributed by atoms with Crippen molar-refractivity contribution in [2.24, 2.45) is 0 Å². The van der Waals surface area contributed by atoms with Gasteiger partial charge in [0.1, 0.15) is 11.5 Å². The molecule has 45 heavy (non-hydrogen) atoms. The quantitative estimate of drug-likeness (QED) is 0.179. The molecule has 0 unspecified atom stereocenters. The first-order valence-corrected chi connectivity index (χ1v) is 14.8. The third-order valence-electron chi connectivity index (χ3n) is 8.09. The lowest BCUT2D eigenvalue weighted by Gasteiger charge is -2.15. The van der Waals surface area contributed by atoms with Crippen molar-refractivity contribution in [2.75, 3.05) is 45.6 Å². The molecule has 5 aromatic heterocycles.